The number of amides is 1. The molecule has 0 aliphatic carbocycles. The zero-order chi connectivity index (χ0) is 13.2. The van der Waals surface area contributed by atoms with Gasteiger partial charge in [-0.15, -0.1) is 0 Å². The molecule has 0 unspecified atom stereocenters. The van der Waals surface area contributed by atoms with Gasteiger partial charge in [-0.25, -0.2) is 0 Å². The van der Waals surface area contributed by atoms with Crippen LogP contribution in [-0.4, -0.2) is 36.0 Å². The van der Waals surface area contributed by atoms with Gasteiger partial charge in [0.15, 0.2) is 0 Å². The second-order valence-electron chi connectivity index (χ2n) is 5.34. The molecule has 0 radical (unpaired) electrons. The minimum atomic E-state index is -0.0926. The third kappa shape index (κ3) is 3.12. The second kappa shape index (κ2) is 5.41. The van der Waals surface area contributed by atoms with Gasteiger partial charge >= 0.3 is 0 Å². The fraction of sp³-hybridized carbons (Fsp3) is 0.500. The minimum absolute atomic E-state index is 0.0926. The third-order valence-corrected chi connectivity index (χ3v) is 3.90. The van der Waals surface area contributed by atoms with Crippen molar-refractivity contribution in [3.63, 3.8) is 0 Å². The van der Waals surface area contributed by atoms with E-state index < -0.39 is 0 Å². The van der Waals surface area contributed by atoms with Gasteiger partial charge in [-0.3, -0.25) is 4.79 Å². The van der Waals surface area contributed by atoms with Crippen LogP contribution in [0.15, 0.2) is 28.7 Å². The van der Waals surface area contributed by atoms with Crippen LogP contribution >= 0.6 is 15.9 Å². The van der Waals surface area contributed by atoms with E-state index in [4.69, 9.17) is 0 Å². The van der Waals surface area contributed by atoms with E-state index in [0.29, 0.717) is 6.42 Å². The van der Waals surface area contributed by atoms with Crippen LogP contribution < -0.4 is 5.32 Å². The number of halogens is 1. The van der Waals surface area contributed by atoms with Crippen LogP contribution in [-0.2, 0) is 11.2 Å². The highest BCUT2D eigenvalue weighted by atomic mass is 79.9. The van der Waals surface area contributed by atoms with Crippen LogP contribution in [0.5, 0.6) is 0 Å². The van der Waals surface area contributed by atoms with E-state index in [1.165, 1.54) is 0 Å². The summed E-state index contributed by atoms with van der Waals surface area (Å²) in [6.07, 6.45) is 0.483. The molecule has 1 aromatic carbocycles. The van der Waals surface area contributed by atoms with Crippen molar-refractivity contribution < 1.29 is 4.79 Å². The summed E-state index contributed by atoms with van der Waals surface area (Å²) in [7, 11) is 0. The molecule has 1 saturated heterocycles. The number of carbonyl (C=O) groups excluding carboxylic acids is 1. The standard InChI is InChI=1S/C14H19BrN2O/c1-14(2)10-16-7-8-17(14)13(18)9-11-3-5-12(15)6-4-11/h3-6,16H,7-10H2,1-2H3. The smallest absolute Gasteiger partial charge is 0.227 e. The Morgan fingerprint density at radius 2 is 2.06 bits per heavy atom. The van der Waals surface area contributed by atoms with Crippen molar-refractivity contribution in [2.45, 2.75) is 25.8 Å². The summed E-state index contributed by atoms with van der Waals surface area (Å²) in [5, 5.41) is 3.33. The summed E-state index contributed by atoms with van der Waals surface area (Å²) < 4.78 is 1.04. The first-order valence-electron chi connectivity index (χ1n) is 6.25. The van der Waals surface area contributed by atoms with Crippen molar-refractivity contribution in [1.82, 2.24) is 10.2 Å². The Morgan fingerprint density at radius 1 is 1.39 bits per heavy atom. The molecule has 0 saturated carbocycles. The van der Waals surface area contributed by atoms with E-state index in [0.717, 1.165) is 29.7 Å². The van der Waals surface area contributed by atoms with Crippen LogP contribution in [0.3, 0.4) is 0 Å². The molecule has 1 heterocycles. The van der Waals surface area contributed by atoms with E-state index in [1.807, 2.05) is 29.2 Å². The lowest BCUT2D eigenvalue weighted by atomic mass is 9.99. The number of piperazine rings is 1. The first-order chi connectivity index (χ1) is 8.49. The van der Waals surface area contributed by atoms with Crippen molar-refractivity contribution in [2.24, 2.45) is 0 Å². The molecule has 3 nitrogen and oxygen atoms in total. The van der Waals surface area contributed by atoms with E-state index in [-0.39, 0.29) is 11.4 Å². The first-order valence-corrected chi connectivity index (χ1v) is 7.04. The van der Waals surface area contributed by atoms with Gasteiger partial charge in [0.1, 0.15) is 0 Å². The molecule has 1 aliphatic rings. The molecule has 98 valence electrons. The molecular weight excluding hydrogens is 292 g/mol. The number of carbonyl (C=O) groups is 1. The fourth-order valence-electron chi connectivity index (χ4n) is 2.32. The molecule has 1 amide bonds. The lowest BCUT2D eigenvalue weighted by molar-refractivity contribution is -0.136. The Morgan fingerprint density at radius 3 is 2.67 bits per heavy atom. The maximum absolute atomic E-state index is 12.4. The SMILES string of the molecule is CC1(C)CNCCN1C(=O)Cc1ccc(Br)cc1. The average molecular weight is 311 g/mol. The van der Waals surface area contributed by atoms with Crippen molar-refractivity contribution >= 4 is 21.8 Å². The minimum Gasteiger partial charge on any atom is -0.335 e. The highest BCUT2D eigenvalue weighted by Crippen LogP contribution is 2.18. The van der Waals surface area contributed by atoms with Crippen molar-refractivity contribution in [3.05, 3.63) is 34.3 Å². The second-order valence-corrected chi connectivity index (χ2v) is 6.25. The summed E-state index contributed by atoms with van der Waals surface area (Å²) >= 11 is 3.40. The van der Waals surface area contributed by atoms with Gasteiger partial charge in [0.05, 0.1) is 6.42 Å². The fourth-order valence-corrected chi connectivity index (χ4v) is 2.58. The van der Waals surface area contributed by atoms with Crippen molar-refractivity contribution in [3.8, 4) is 0 Å². The van der Waals surface area contributed by atoms with Gasteiger partial charge in [-0.1, -0.05) is 28.1 Å². The van der Waals surface area contributed by atoms with Crippen molar-refractivity contribution in [2.75, 3.05) is 19.6 Å². The first kappa shape index (κ1) is 13.6. The predicted octanol–water partition coefficient (Wildman–Crippen LogP) is 2.20. The van der Waals surface area contributed by atoms with E-state index in [9.17, 15) is 4.79 Å². The molecular formula is C14H19BrN2O. The Balaban J connectivity index is 2.05. The highest BCUT2D eigenvalue weighted by Gasteiger charge is 2.32. The molecule has 0 atom stereocenters. The molecule has 18 heavy (non-hydrogen) atoms. The monoisotopic (exact) mass is 310 g/mol. The molecule has 1 fully saturated rings. The summed E-state index contributed by atoms with van der Waals surface area (Å²) in [5.41, 5.74) is 0.975. The van der Waals surface area contributed by atoms with Gasteiger partial charge in [0.25, 0.3) is 0 Å². The molecule has 0 bridgehead atoms. The van der Waals surface area contributed by atoms with Crippen LogP contribution in [0.1, 0.15) is 19.4 Å². The van der Waals surface area contributed by atoms with Crippen molar-refractivity contribution in [1.29, 1.82) is 0 Å². The van der Waals surface area contributed by atoms with Gasteiger partial charge in [0, 0.05) is 29.6 Å². The topological polar surface area (TPSA) is 32.3 Å². The Kier molecular flexibility index (Phi) is 4.07. The molecule has 0 spiro atoms. The summed E-state index contributed by atoms with van der Waals surface area (Å²) in [4.78, 5) is 14.3. The third-order valence-electron chi connectivity index (χ3n) is 3.37. The molecule has 4 heteroatoms. The average Bonchev–Trinajstić information content (AvgIpc) is 2.31. The zero-order valence-electron chi connectivity index (χ0n) is 10.9. The zero-order valence-corrected chi connectivity index (χ0v) is 12.5. The normalized spacial score (nSPS) is 18.7. The largest absolute Gasteiger partial charge is 0.335 e. The summed E-state index contributed by atoms with van der Waals surface area (Å²) in [5.74, 6) is 0.212. The highest BCUT2D eigenvalue weighted by molar-refractivity contribution is 9.10. The molecule has 2 rings (SSSR count). The molecule has 0 aromatic heterocycles. The Bertz CT molecular complexity index is 428. The van der Waals surface area contributed by atoms with E-state index in [1.54, 1.807) is 0 Å². The van der Waals surface area contributed by atoms with Crippen LogP contribution in [0, 0.1) is 0 Å². The van der Waals surface area contributed by atoms with Gasteiger partial charge in [-0.2, -0.15) is 0 Å². The quantitative estimate of drug-likeness (QED) is 0.908. The molecule has 1 aliphatic heterocycles. The maximum Gasteiger partial charge on any atom is 0.227 e. The summed E-state index contributed by atoms with van der Waals surface area (Å²) in [6, 6.07) is 7.95. The lowest BCUT2D eigenvalue weighted by Gasteiger charge is -2.43. The molecule has 1 N–H and O–H groups in total. The lowest BCUT2D eigenvalue weighted by Crippen LogP contribution is -2.60. The Hall–Kier alpha value is -0.870. The Labute approximate surface area is 117 Å². The number of benzene rings is 1. The number of nitrogens with zero attached hydrogens (tertiary/aromatic N) is 1. The number of rotatable bonds is 2. The maximum atomic E-state index is 12.4. The predicted molar refractivity (Wildman–Crippen MR) is 76.5 cm³/mol. The van der Waals surface area contributed by atoms with Crippen LogP contribution in [0.25, 0.3) is 0 Å². The van der Waals surface area contributed by atoms with Gasteiger partial charge in [-0.05, 0) is 31.5 Å². The van der Waals surface area contributed by atoms with Gasteiger partial charge in [0.2, 0.25) is 5.91 Å². The van der Waals surface area contributed by atoms with Crippen LogP contribution in [0.4, 0.5) is 0 Å². The summed E-state index contributed by atoms with van der Waals surface area (Å²) in [6.45, 7) is 6.76. The number of hydrogen-bond acceptors (Lipinski definition) is 2. The van der Waals surface area contributed by atoms with E-state index >= 15 is 0 Å². The number of nitrogens with one attached hydrogen (secondary N) is 1. The molecule has 1 aromatic rings. The number of hydrogen-bond donors (Lipinski definition) is 1. The van der Waals surface area contributed by atoms with E-state index in [2.05, 4.69) is 35.1 Å². The van der Waals surface area contributed by atoms with Gasteiger partial charge < -0.3 is 10.2 Å². The van der Waals surface area contributed by atoms with Crippen LogP contribution in [0.2, 0.25) is 0 Å².